The third-order valence-corrected chi connectivity index (χ3v) is 3.14. The minimum absolute atomic E-state index is 0.0198. The van der Waals surface area contributed by atoms with Crippen molar-refractivity contribution in [2.75, 3.05) is 0 Å². The standard InChI is InChI=1S/C12H13NO2S/c1-9(11-5-2-6-15-11)13-12(14)8-10-4-3-7-16-10/h2-7,9H,8H2,1H3,(H,13,14)/t9-/m1/s1. The summed E-state index contributed by atoms with van der Waals surface area (Å²) < 4.78 is 5.22. The number of amides is 1. The maximum absolute atomic E-state index is 11.7. The molecule has 3 nitrogen and oxygen atoms in total. The van der Waals surface area contributed by atoms with Crippen LogP contribution < -0.4 is 5.32 Å². The summed E-state index contributed by atoms with van der Waals surface area (Å²) in [5.74, 6) is 0.797. The minimum Gasteiger partial charge on any atom is -0.467 e. The molecule has 84 valence electrons. The molecule has 16 heavy (non-hydrogen) atoms. The number of hydrogen-bond acceptors (Lipinski definition) is 3. The van der Waals surface area contributed by atoms with E-state index < -0.39 is 0 Å². The molecule has 0 spiro atoms. The zero-order valence-corrected chi connectivity index (χ0v) is 9.79. The lowest BCUT2D eigenvalue weighted by Gasteiger charge is -2.10. The zero-order valence-electron chi connectivity index (χ0n) is 8.97. The molecule has 0 radical (unpaired) electrons. The van der Waals surface area contributed by atoms with Crippen LogP contribution in [0.25, 0.3) is 0 Å². The Bertz CT molecular complexity index is 434. The predicted molar refractivity (Wildman–Crippen MR) is 63.3 cm³/mol. The fraction of sp³-hybridized carbons (Fsp3) is 0.250. The van der Waals surface area contributed by atoms with E-state index in [1.54, 1.807) is 17.6 Å². The Kier molecular flexibility index (Phi) is 3.41. The van der Waals surface area contributed by atoms with Crippen molar-refractivity contribution in [2.24, 2.45) is 0 Å². The van der Waals surface area contributed by atoms with E-state index >= 15 is 0 Å². The molecule has 0 aliphatic heterocycles. The van der Waals surface area contributed by atoms with Crippen molar-refractivity contribution in [3.8, 4) is 0 Å². The summed E-state index contributed by atoms with van der Waals surface area (Å²) in [5.41, 5.74) is 0. The summed E-state index contributed by atoms with van der Waals surface area (Å²) in [6.45, 7) is 1.91. The Morgan fingerprint density at radius 3 is 3.00 bits per heavy atom. The lowest BCUT2D eigenvalue weighted by molar-refractivity contribution is -0.121. The van der Waals surface area contributed by atoms with Gasteiger partial charge in [-0.3, -0.25) is 4.79 Å². The van der Waals surface area contributed by atoms with Crippen molar-refractivity contribution in [3.63, 3.8) is 0 Å². The molecular formula is C12H13NO2S. The third kappa shape index (κ3) is 2.73. The van der Waals surface area contributed by atoms with E-state index in [0.29, 0.717) is 6.42 Å². The van der Waals surface area contributed by atoms with Gasteiger partial charge in [-0.15, -0.1) is 11.3 Å². The average molecular weight is 235 g/mol. The average Bonchev–Trinajstić information content (AvgIpc) is 2.88. The predicted octanol–water partition coefficient (Wildman–Crippen LogP) is 2.76. The molecule has 0 aromatic carbocycles. The summed E-state index contributed by atoms with van der Waals surface area (Å²) in [7, 11) is 0. The topological polar surface area (TPSA) is 42.2 Å². The molecular weight excluding hydrogens is 222 g/mol. The van der Waals surface area contributed by atoms with Gasteiger partial charge in [0, 0.05) is 4.88 Å². The number of furan rings is 1. The van der Waals surface area contributed by atoms with Crippen LogP contribution >= 0.6 is 11.3 Å². The van der Waals surface area contributed by atoms with Crippen molar-refractivity contribution < 1.29 is 9.21 Å². The van der Waals surface area contributed by atoms with Crippen LogP contribution in [0.3, 0.4) is 0 Å². The molecule has 2 rings (SSSR count). The molecule has 4 heteroatoms. The van der Waals surface area contributed by atoms with E-state index in [2.05, 4.69) is 5.32 Å². The number of carbonyl (C=O) groups excluding carboxylic acids is 1. The monoisotopic (exact) mass is 235 g/mol. The van der Waals surface area contributed by atoms with Gasteiger partial charge in [-0.2, -0.15) is 0 Å². The van der Waals surface area contributed by atoms with Crippen molar-refractivity contribution in [3.05, 3.63) is 46.5 Å². The highest BCUT2D eigenvalue weighted by molar-refractivity contribution is 7.10. The fourth-order valence-electron chi connectivity index (χ4n) is 1.47. The van der Waals surface area contributed by atoms with Crippen LogP contribution in [0.4, 0.5) is 0 Å². The molecule has 0 saturated carbocycles. The van der Waals surface area contributed by atoms with Gasteiger partial charge in [0.2, 0.25) is 5.91 Å². The van der Waals surface area contributed by atoms with Gasteiger partial charge < -0.3 is 9.73 Å². The van der Waals surface area contributed by atoms with Crippen LogP contribution in [0.15, 0.2) is 40.3 Å². The van der Waals surface area contributed by atoms with Gasteiger partial charge in [-0.05, 0) is 30.5 Å². The van der Waals surface area contributed by atoms with Gasteiger partial charge in [0.1, 0.15) is 5.76 Å². The van der Waals surface area contributed by atoms with Gasteiger partial charge in [-0.1, -0.05) is 6.07 Å². The molecule has 2 aromatic heterocycles. The largest absolute Gasteiger partial charge is 0.467 e. The third-order valence-electron chi connectivity index (χ3n) is 2.26. The Labute approximate surface area is 98.1 Å². The number of nitrogens with one attached hydrogen (secondary N) is 1. The van der Waals surface area contributed by atoms with Gasteiger partial charge >= 0.3 is 0 Å². The van der Waals surface area contributed by atoms with Crippen LogP contribution in [0.2, 0.25) is 0 Å². The van der Waals surface area contributed by atoms with E-state index in [1.807, 2.05) is 36.6 Å². The van der Waals surface area contributed by atoms with Crippen LogP contribution in [0.1, 0.15) is 23.6 Å². The molecule has 1 N–H and O–H groups in total. The van der Waals surface area contributed by atoms with Crippen LogP contribution in [0.5, 0.6) is 0 Å². The van der Waals surface area contributed by atoms with E-state index in [-0.39, 0.29) is 11.9 Å². The summed E-state index contributed by atoms with van der Waals surface area (Å²) in [6, 6.07) is 7.50. The second-order valence-electron chi connectivity index (χ2n) is 3.56. The molecule has 1 atom stereocenters. The van der Waals surface area contributed by atoms with E-state index in [9.17, 15) is 4.79 Å². The van der Waals surface area contributed by atoms with Crippen molar-refractivity contribution in [1.82, 2.24) is 5.32 Å². The first-order valence-corrected chi connectivity index (χ1v) is 5.99. The second-order valence-corrected chi connectivity index (χ2v) is 4.59. The van der Waals surface area contributed by atoms with Crippen LogP contribution in [-0.2, 0) is 11.2 Å². The molecule has 2 heterocycles. The lowest BCUT2D eigenvalue weighted by Crippen LogP contribution is -2.27. The van der Waals surface area contributed by atoms with Gasteiger partial charge in [0.05, 0.1) is 18.7 Å². The highest BCUT2D eigenvalue weighted by Crippen LogP contribution is 2.13. The van der Waals surface area contributed by atoms with E-state index in [0.717, 1.165) is 10.6 Å². The quantitative estimate of drug-likeness (QED) is 0.885. The molecule has 0 unspecified atom stereocenters. The van der Waals surface area contributed by atoms with Gasteiger partial charge in [-0.25, -0.2) is 0 Å². The maximum Gasteiger partial charge on any atom is 0.225 e. The van der Waals surface area contributed by atoms with Crippen LogP contribution in [-0.4, -0.2) is 5.91 Å². The summed E-state index contributed by atoms with van der Waals surface area (Å²) in [6.07, 6.45) is 2.04. The van der Waals surface area contributed by atoms with Crippen molar-refractivity contribution >= 4 is 17.2 Å². The minimum atomic E-state index is -0.0811. The Morgan fingerprint density at radius 2 is 2.38 bits per heavy atom. The number of rotatable bonds is 4. The van der Waals surface area contributed by atoms with Crippen LogP contribution in [0, 0.1) is 0 Å². The fourth-order valence-corrected chi connectivity index (χ4v) is 2.18. The molecule has 0 aliphatic rings. The first kappa shape index (κ1) is 11.0. The van der Waals surface area contributed by atoms with E-state index in [4.69, 9.17) is 4.42 Å². The Balaban J connectivity index is 1.88. The normalized spacial score (nSPS) is 12.3. The number of hydrogen-bond donors (Lipinski definition) is 1. The summed E-state index contributed by atoms with van der Waals surface area (Å²) >= 11 is 1.59. The molecule has 0 fully saturated rings. The lowest BCUT2D eigenvalue weighted by atomic mass is 10.2. The summed E-state index contributed by atoms with van der Waals surface area (Å²) in [5, 5.41) is 4.87. The number of carbonyl (C=O) groups is 1. The smallest absolute Gasteiger partial charge is 0.225 e. The molecule has 0 bridgehead atoms. The second kappa shape index (κ2) is 4.99. The highest BCUT2D eigenvalue weighted by Gasteiger charge is 2.12. The molecule has 1 amide bonds. The number of thiophene rings is 1. The Morgan fingerprint density at radius 1 is 1.50 bits per heavy atom. The molecule has 0 aliphatic carbocycles. The Hall–Kier alpha value is -1.55. The molecule has 0 saturated heterocycles. The maximum atomic E-state index is 11.7. The van der Waals surface area contributed by atoms with E-state index in [1.165, 1.54) is 0 Å². The van der Waals surface area contributed by atoms with Gasteiger partial charge in [0.25, 0.3) is 0 Å². The van der Waals surface area contributed by atoms with Gasteiger partial charge in [0.15, 0.2) is 0 Å². The summed E-state index contributed by atoms with van der Waals surface area (Å²) in [4.78, 5) is 12.7. The SMILES string of the molecule is C[C@@H](NC(=O)Cc1cccs1)c1ccco1. The van der Waals surface area contributed by atoms with Crippen molar-refractivity contribution in [2.45, 2.75) is 19.4 Å². The first-order valence-electron chi connectivity index (χ1n) is 5.11. The van der Waals surface area contributed by atoms with Crippen molar-refractivity contribution in [1.29, 1.82) is 0 Å². The first-order chi connectivity index (χ1) is 7.75. The zero-order chi connectivity index (χ0) is 11.4. The highest BCUT2D eigenvalue weighted by atomic mass is 32.1. The molecule has 2 aromatic rings.